The van der Waals surface area contributed by atoms with E-state index in [4.69, 9.17) is 24.6 Å². The van der Waals surface area contributed by atoms with Crippen molar-refractivity contribution >= 4 is 35.0 Å². The molecular weight excluding hydrogens is 797 g/mol. The van der Waals surface area contributed by atoms with E-state index in [0.29, 0.717) is 41.7 Å². The summed E-state index contributed by atoms with van der Waals surface area (Å²) in [4.78, 5) is 30.2. The number of oxazole rings is 1. The Morgan fingerprint density at radius 2 is 1.37 bits per heavy atom. The maximum atomic E-state index is 12.8. The fourth-order valence-electron chi connectivity index (χ4n) is 7.42. The lowest BCUT2D eigenvalue weighted by molar-refractivity contribution is -0.245. The van der Waals surface area contributed by atoms with Gasteiger partial charge in [-0.15, -0.1) is 0 Å². The van der Waals surface area contributed by atoms with Crippen LogP contribution in [0.3, 0.4) is 0 Å². The summed E-state index contributed by atoms with van der Waals surface area (Å²) in [6.07, 6.45) is 0.374. The van der Waals surface area contributed by atoms with E-state index >= 15 is 0 Å². The van der Waals surface area contributed by atoms with Crippen molar-refractivity contribution in [3.8, 4) is 33.7 Å². The molecule has 0 saturated carbocycles. The van der Waals surface area contributed by atoms with Gasteiger partial charge in [0.15, 0.2) is 12.1 Å². The molecule has 1 aliphatic rings. The molecule has 1 aliphatic heterocycles. The van der Waals surface area contributed by atoms with Crippen molar-refractivity contribution in [2.75, 3.05) is 16.8 Å². The van der Waals surface area contributed by atoms with Crippen molar-refractivity contribution < 1.29 is 28.6 Å². The number of benzene rings is 6. The zero-order valence-corrected chi connectivity index (χ0v) is 34.9. The van der Waals surface area contributed by atoms with Crippen molar-refractivity contribution in [2.24, 2.45) is 0 Å². The van der Waals surface area contributed by atoms with Crippen molar-refractivity contribution in [1.29, 1.82) is 0 Å². The van der Waals surface area contributed by atoms with Crippen molar-refractivity contribution in [2.45, 2.75) is 62.6 Å². The van der Waals surface area contributed by atoms with Gasteiger partial charge in [-0.1, -0.05) is 157 Å². The second-order valence-electron chi connectivity index (χ2n) is 15.1. The molecule has 3 atom stereocenters. The second kappa shape index (κ2) is 20.4. The number of aromatic nitrogens is 1. The monoisotopic (exact) mass is 844 g/mol. The molecular formula is C51H48N4O6S. The molecule has 10 nitrogen and oxygen atoms in total. The summed E-state index contributed by atoms with van der Waals surface area (Å²) < 4.78 is 19.8. The Labute approximate surface area is 365 Å². The van der Waals surface area contributed by atoms with Gasteiger partial charge in [-0.05, 0) is 46.4 Å². The van der Waals surface area contributed by atoms with E-state index in [9.17, 15) is 14.7 Å². The number of ether oxygens (including phenoxy) is 2. The highest BCUT2D eigenvalue weighted by atomic mass is 32.2. The number of hydrogen-bond acceptors (Lipinski definition) is 9. The standard InChI is InChI=1S/C51H48N4O6S/c52-43-18-9-10-19-44(43)54-47(58)21-11-20-46(57)53-31-40-16-7-8-17-42(40)35-26-28-39(29-27-35)50-59-41(30-45(60-50)36-24-22-34(32-56)23-25-36)33-62-51-55-48(37-12-3-1-4-13-37)49(61-51)38-14-5-2-6-15-38/h1-10,12-19,22-29,41,45,50,56H,11,20-21,30-33,52H2,(H,53,57)(H,54,58)/t41-,45+,50+/m1/s1. The topological polar surface area (TPSA) is 149 Å². The lowest BCUT2D eigenvalue weighted by Gasteiger charge is -2.36. The Hall–Kier alpha value is -6.50. The van der Waals surface area contributed by atoms with Crippen molar-refractivity contribution in [3.05, 3.63) is 180 Å². The number of carbonyl (C=O) groups excluding carboxylic acids is 2. The molecule has 0 aliphatic carbocycles. The SMILES string of the molecule is Nc1ccccc1NC(=O)CCCC(=O)NCc1ccccc1-c1ccc([C@H]2O[C@@H](CSc3nc(-c4ccccc4)c(-c4ccccc4)o3)C[C@@H](c3ccc(CO)cc3)O2)cc1. The van der Waals surface area contributed by atoms with Crippen LogP contribution in [-0.2, 0) is 32.2 Å². The van der Waals surface area contributed by atoms with E-state index in [1.54, 1.807) is 18.2 Å². The Morgan fingerprint density at radius 1 is 0.710 bits per heavy atom. The van der Waals surface area contributed by atoms with Gasteiger partial charge >= 0.3 is 0 Å². The van der Waals surface area contributed by atoms with Crippen molar-refractivity contribution in [3.63, 3.8) is 0 Å². The Kier molecular flexibility index (Phi) is 13.9. The lowest BCUT2D eigenvalue weighted by Crippen LogP contribution is -2.31. The molecule has 11 heteroatoms. The molecule has 0 unspecified atom stereocenters. The van der Waals surface area contributed by atoms with Gasteiger partial charge in [-0.25, -0.2) is 4.98 Å². The molecule has 314 valence electrons. The minimum Gasteiger partial charge on any atom is -0.431 e. The molecule has 0 spiro atoms. The van der Waals surface area contributed by atoms with Crippen LogP contribution in [0.25, 0.3) is 33.7 Å². The van der Waals surface area contributed by atoms with Crippen LogP contribution in [0, 0.1) is 0 Å². The lowest BCUT2D eigenvalue weighted by atomic mass is 9.97. The number of nitrogen functional groups attached to an aromatic ring is 1. The van der Waals surface area contributed by atoms with E-state index in [0.717, 1.165) is 56.0 Å². The molecule has 1 fully saturated rings. The maximum Gasteiger partial charge on any atom is 0.256 e. The summed E-state index contributed by atoms with van der Waals surface area (Å²) in [7, 11) is 0. The predicted molar refractivity (Wildman–Crippen MR) is 244 cm³/mol. The number of thioether (sulfide) groups is 1. The second-order valence-corrected chi connectivity index (χ2v) is 16.1. The molecule has 6 aromatic carbocycles. The van der Waals surface area contributed by atoms with Crippen LogP contribution in [0.4, 0.5) is 11.4 Å². The molecule has 1 aromatic heterocycles. The minimum atomic E-state index is -0.642. The fourth-order valence-corrected chi connectivity index (χ4v) is 8.26. The minimum absolute atomic E-state index is 0.0308. The highest BCUT2D eigenvalue weighted by molar-refractivity contribution is 7.99. The number of nitrogens with one attached hydrogen (secondary N) is 2. The third-order valence-corrected chi connectivity index (χ3v) is 11.7. The van der Waals surface area contributed by atoms with E-state index in [2.05, 4.69) is 10.6 Å². The summed E-state index contributed by atoms with van der Waals surface area (Å²) in [5.41, 5.74) is 15.4. The highest BCUT2D eigenvalue weighted by Crippen LogP contribution is 2.41. The van der Waals surface area contributed by atoms with Gasteiger partial charge in [0, 0.05) is 48.3 Å². The fraction of sp³-hybridized carbons (Fsp3) is 0.196. The molecule has 5 N–H and O–H groups in total. The number of aliphatic hydroxyl groups is 1. The van der Waals surface area contributed by atoms with Crippen LogP contribution >= 0.6 is 11.8 Å². The van der Waals surface area contributed by atoms with Gasteiger partial charge in [-0.3, -0.25) is 9.59 Å². The quantitative estimate of drug-likeness (QED) is 0.0551. The predicted octanol–water partition coefficient (Wildman–Crippen LogP) is 10.5. The largest absolute Gasteiger partial charge is 0.431 e. The molecule has 62 heavy (non-hydrogen) atoms. The number of nitrogens with zero attached hydrogens (tertiary/aromatic N) is 1. The van der Waals surface area contributed by atoms with Crippen LogP contribution in [0.15, 0.2) is 167 Å². The number of hydrogen-bond donors (Lipinski definition) is 4. The molecule has 2 heterocycles. The molecule has 1 saturated heterocycles. The number of carbonyl (C=O) groups is 2. The van der Waals surface area contributed by atoms with Crippen LogP contribution in [0.1, 0.15) is 60.3 Å². The van der Waals surface area contributed by atoms with Crippen LogP contribution in [0.2, 0.25) is 0 Å². The molecule has 2 amide bonds. The van der Waals surface area contributed by atoms with Gasteiger partial charge in [0.2, 0.25) is 11.8 Å². The van der Waals surface area contributed by atoms with Crippen LogP contribution in [0.5, 0.6) is 0 Å². The average Bonchev–Trinajstić information content (AvgIpc) is 3.76. The summed E-state index contributed by atoms with van der Waals surface area (Å²) >= 11 is 1.52. The summed E-state index contributed by atoms with van der Waals surface area (Å²) in [6, 6.07) is 51.2. The van der Waals surface area contributed by atoms with Gasteiger partial charge in [-0.2, -0.15) is 0 Å². The number of nitrogens with two attached hydrogens (primary N) is 1. The third kappa shape index (κ3) is 10.7. The maximum absolute atomic E-state index is 12.8. The molecule has 0 bridgehead atoms. The normalized spacial score (nSPS) is 16.1. The van der Waals surface area contributed by atoms with Gasteiger partial charge in [0.1, 0.15) is 5.69 Å². The third-order valence-electron chi connectivity index (χ3n) is 10.7. The van der Waals surface area contributed by atoms with E-state index in [1.165, 1.54) is 11.8 Å². The number of rotatable bonds is 16. The Balaban J connectivity index is 0.934. The first-order valence-corrected chi connectivity index (χ1v) is 21.7. The Bertz CT molecular complexity index is 2510. The van der Waals surface area contributed by atoms with E-state index in [1.807, 2.05) is 140 Å². The van der Waals surface area contributed by atoms with Crippen LogP contribution in [-0.4, -0.2) is 33.8 Å². The number of amides is 2. The Morgan fingerprint density at radius 3 is 2.11 bits per heavy atom. The van der Waals surface area contributed by atoms with E-state index < -0.39 is 6.29 Å². The average molecular weight is 845 g/mol. The molecule has 7 aromatic rings. The summed E-state index contributed by atoms with van der Waals surface area (Å²) in [5.74, 6) is 0.999. The first kappa shape index (κ1) is 42.2. The van der Waals surface area contributed by atoms with Gasteiger partial charge < -0.3 is 35.4 Å². The number of anilines is 2. The smallest absolute Gasteiger partial charge is 0.256 e. The number of para-hydroxylation sites is 2. The highest BCUT2D eigenvalue weighted by Gasteiger charge is 2.33. The van der Waals surface area contributed by atoms with E-state index in [-0.39, 0.29) is 43.5 Å². The zero-order chi connectivity index (χ0) is 42.7. The first-order chi connectivity index (χ1) is 30.4. The van der Waals surface area contributed by atoms with Gasteiger partial charge in [0.25, 0.3) is 5.22 Å². The van der Waals surface area contributed by atoms with Crippen LogP contribution < -0.4 is 16.4 Å². The molecule has 0 radical (unpaired) electrons. The zero-order valence-electron chi connectivity index (χ0n) is 34.1. The number of aliphatic hydroxyl groups excluding tert-OH is 1. The summed E-state index contributed by atoms with van der Waals surface area (Å²) in [5, 5.41) is 16.1. The first-order valence-electron chi connectivity index (χ1n) is 20.7. The van der Waals surface area contributed by atoms with Gasteiger partial charge in [0.05, 0.1) is 30.2 Å². The molecule has 8 rings (SSSR count). The summed E-state index contributed by atoms with van der Waals surface area (Å²) in [6.45, 7) is 0.315. The van der Waals surface area contributed by atoms with Crippen molar-refractivity contribution in [1.82, 2.24) is 10.3 Å².